The minimum atomic E-state index is -4.62. The van der Waals surface area contributed by atoms with Crippen LogP contribution >= 0.6 is 11.6 Å². The summed E-state index contributed by atoms with van der Waals surface area (Å²) in [5, 5.41) is 8.26. The standard InChI is InChI=1S/C21H26ClF3N6O/c1-31(2)18-9-10-26-19(30-18)28-15-6-3-13(4-7-15)12-27-20(32)29-17-8-5-14(22)11-16(17)21(23,24)25/h5,8-11,13,15H,3-4,6-7,12H2,1-2H3,(H,26,28,30)(H2,27,29,32). The summed E-state index contributed by atoms with van der Waals surface area (Å²) in [5.41, 5.74) is -1.31. The van der Waals surface area contributed by atoms with Gasteiger partial charge in [0.1, 0.15) is 5.82 Å². The van der Waals surface area contributed by atoms with Crippen LogP contribution in [-0.4, -0.2) is 42.7 Å². The highest BCUT2D eigenvalue weighted by molar-refractivity contribution is 6.30. The van der Waals surface area contributed by atoms with Crippen molar-refractivity contribution in [1.29, 1.82) is 0 Å². The topological polar surface area (TPSA) is 82.2 Å². The van der Waals surface area contributed by atoms with Crippen molar-refractivity contribution >= 4 is 35.1 Å². The van der Waals surface area contributed by atoms with Gasteiger partial charge in [0.05, 0.1) is 11.3 Å². The monoisotopic (exact) mass is 470 g/mol. The summed E-state index contributed by atoms with van der Waals surface area (Å²) in [7, 11) is 3.83. The van der Waals surface area contributed by atoms with E-state index < -0.39 is 17.8 Å². The average Bonchev–Trinajstić information content (AvgIpc) is 2.74. The number of carbonyl (C=O) groups is 1. The van der Waals surface area contributed by atoms with E-state index in [1.165, 1.54) is 6.07 Å². The van der Waals surface area contributed by atoms with Gasteiger partial charge in [-0.2, -0.15) is 18.2 Å². The maximum atomic E-state index is 13.2. The molecule has 0 atom stereocenters. The van der Waals surface area contributed by atoms with Crippen molar-refractivity contribution in [2.24, 2.45) is 5.92 Å². The highest BCUT2D eigenvalue weighted by Gasteiger charge is 2.34. The Morgan fingerprint density at radius 3 is 2.56 bits per heavy atom. The second-order valence-corrected chi connectivity index (χ2v) is 8.45. The first kappa shape index (κ1) is 23.9. The zero-order valence-corrected chi connectivity index (χ0v) is 18.6. The summed E-state index contributed by atoms with van der Waals surface area (Å²) in [5.74, 6) is 1.65. The van der Waals surface area contributed by atoms with E-state index in [4.69, 9.17) is 11.6 Å². The first-order chi connectivity index (χ1) is 15.1. The highest BCUT2D eigenvalue weighted by Crippen LogP contribution is 2.36. The quantitative estimate of drug-likeness (QED) is 0.553. The van der Waals surface area contributed by atoms with Crippen molar-refractivity contribution in [3.63, 3.8) is 0 Å². The Kier molecular flexibility index (Phi) is 7.65. The van der Waals surface area contributed by atoms with Gasteiger partial charge < -0.3 is 20.9 Å². The number of alkyl halides is 3. The molecule has 3 rings (SSSR count). The molecule has 1 saturated carbocycles. The summed E-state index contributed by atoms with van der Waals surface area (Å²) in [6, 6.07) is 4.64. The van der Waals surface area contributed by atoms with Gasteiger partial charge in [-0.15, -0.1) is 0 Å². The van der Waals surface area contributed by atoms with Crippen molar-refractivity contribution in [3.8, 4) is 0 Å². The molecule has 0 bridgehead atoms. The van der Waals surface area contributed by atoms with Gasteiger partial charge >= 0.3 is 12.2 Å². The Bertz CT molecular complexity index is 932. The van der Waals surface area contributed by atoms with Crippen LogP contribution in [0.4, 0.5) is 35.4 Å². The van der Waals surface area contributed by atoms with Crippen molar-refractivity contribution in [1.82, 2.24) is 15.3 Å². The zero-order chi connectivity index (χ0) is 23.3. The lowest BCUT2D eigenvalue weighted by molar-refractivity contribution is -0.136. The molecule has 1 aliphatic carbocycles. The predicted molar refractivity (Wildman–Crippen MR) is 119 cm³/mol. The molecule has 1 aromatic carbocycles. The molecular formula is C21H26ClF3N6O. The number of benzene rings is 1. The molecule has 1 aromatic heterocycles. The van der Waals surface area contributed by atoms with E-state index in [2.05, 4.69) is 25.9 Å². The van der Waals surface area contributed by atoms with Gasteiger partial charge in [-0.1, -0.05) is 11.6 Å². The molecule has 2 amide bonds. The number of nitrogens with one attached hydrogen (secondary N) is 3. The first-order valence-electron chi connectivity index (χ1n) is 10.3. The van der Waals surface area contributed by atoms with E-state index in [1.54, 1.807) is 6.20 Å². The number of urea groups is 1. The molecule has 1 fully saturated rings. The lowest BCUT2D eigenvalue weighted by Crippen LogP contribution is -2.36. The van der Waals surface area contributed by atoms with Crippen LogP contribution < -0.4 is 20.9 Å². The molecule has 2 aromatic rings. The number of hydrogen-bond acceptors (Lipinski definition) is 5. The molecule has 0 unspecified atom stereocenters. The largest absolute Gasteiger partial charge is 0.418 e. The van der Waals surface area contributed by atoms with E-state index in [9.17, 15) is 18.0 Å². The number of hydrogen-bond donors (Lipinski definition) is 3. The predicted octanol–water partition coefficient (Wildman–Crippen LogP) is 5.01. The number of amides is 2. The Morgan fingerprint density at radius 2 is 1.91 bits per heavy atom. The van der Waals surface area contributed by atoms with Crippen LogP contribution in [0.15, 0.2) is 30.5 Å². The SMILES string of the molecule is CN(C)c1ccnc(NC2CCC(CNC(=O)Nc3ccc(Cl)cc3C(F)(F)F)CC2)n1. The van der Waals surface area contributed by atoms with Crippen LogP contribution in [0.3, 0.4) is 0 Å². The number of carbonyl (C=O) groups excluding carboxylic acids is 1. The van der Waals surface area contributed by atoms with E-state index in [0.717, 1.165) is 43.6 Å². The molecule has 0 saturated heterocycles. The molecule has 11 heteroatoms. The molecule has 0 aliphatic heterocycles. The minimum absolute atomic E-state index is 0.0486. The van der Waals surface area contributed by atoms with Crippen molar-refractivity contribution in [3.05, 3.63) is 41.0 Å². The van der Waals surface area contributed by atoms with Crippen LogP contribution in [0.5, 0.6) is 0 Å². The molecular weight excluding hydrogens is 445 g/mol. The van der Waals surface area contributed by atoms with Gasteiger partial charge in [0.25, 0.3) is 0 Å². The van der Waals surface area contributed by atoms with Gasteiger partial charge in [-0.3, -0.25) is 0 Å². The van der Waals surface area contributed by atoms with Crippen molar-refractivity contribution < 1.29 is 18.0 Å². The average molecular weight is 471 g/mol. The third-order valence-electron chi connectivity index (χ3n) is 5.37. The molecule has 0 spiro atoms. The molecule has 7 nitrogen and oxygen atoms in total. The van der Waals surface area contributed by atoms with Crippen LogP contribution in [0.25, 0.3) is 0 Å². The van der Waals surface area contributed by atoms with Crippen LogP contribution in [0, 0.1) is 5.92 Å². The fourth-order valence-electron chi connectivity index (χ4n) is 3.62. The van der Waals surface area contributed by atoms with E-state index in [-0.39, 0.29) is 22.7 Å². The molecule has 0 radical (unpaired) electrons. The van der Waals surface area contributed by atoms with Gasteiger partial charge in [-0.05, 0) is 55.9 Å². The Labute approximate surface area is 189 Å². The van der Waals surface area contributed by atoms with Gasteiger partial charge in [0.2, 0.25) is 5.95 Å². The number of halogens is 4. The third kappa shape index (κ3) is 6.62. The number of anilines is 3. The van der Waals surface area contributed by atoms with Crippen molar-refractivity contribution in [2.45, 2.75) is 37.9 Å². The molecule has 32 heavy (non-hydrogen) atoms. The Morgan fingerprint density at radius 1 is 1.19 bits per heavy atom. The summed E-state index contributed by atoms with van der Waals surface area (Å²) in [6.45, 7) is 0.389. The van der Waals surface area contributed by atoms with Crippen LogP contribution in [0.2, 0.25) is 5.02 Å². The highest BCUT2D eigenvalue weighted by atomic mass is 35.5. The normalized spacial score (nSPS) is 18.7. The summed E-state index contributed by atoms with van der Waals surface area (Å²) in [6.07, 6.45) is 0.621. The molecule has 3 N–H and O–H groups in total. The third-order valence-corrected chi connectivity index (χ3v) is 5.60. The zero-order valence-electron chi connectivity index (χ0n) is 17.8. The first-order valence-corrected chi connectivity index (χ1v) is 10.7. The van der Waals surface area contributed by atoms with Gasteiger partial charge in [-0.25, -0.2) is 9.78 Å². The van der Waals surface area contributed by atoms with Crippen LogP contribution in [-0.2, 0) is 6.18 Å². The summed E-state index contributed by atoms with van der Waals surface area (Å²) in [4.78, 5) is 22.8. The maximum absolute atomic E-state index is 13.2. The summed E-state index contributed by atoms with van der Waals surface area (Å²) < 4.78 is 39.5. The number of nitrogens with zero attached hydrogens (tertiary/aromatic N) is 3. The van der Waals surface area contributed by atoms with E-state index in [0.29, 0.717) is 12.5 Å². The van der Waals surface area contributed by atoms with E-state index in [1.807, 2.05) is 25.1 Å². The molecule has 1 aliphatic rings. The molecule has 174 valence electrons. The summed E-state index contributed by atoms with van der Waals surface area (Å²) >= 11 is 5.66. The Balaban J connectivity index is 1.45. The minimum Gasteiger partial charge on any atom is -0.363 e. The number of rotatable bonds is 6. The lowest BCUT2D eigenvalue weighted by atomic mass is 9.86. The van der Waals surface area contributed by atoms with Crippen LogP contribution in [0.1, 0.15) is 31.2 Å². The Hall–Kier alpha value is -2.75. The lowest BCUT2D eigenvalue weighted by Gasteiger charge is -2.29. The second kappa shape index (κ2) is 10.2. The fourth-order valence-corrected chi connectivity index (χ4v) is 3.80. The number of aromatic nitrogens is 2. The van der Waals surface area contributed by atoms with E-state index >= 15 is 0 Å². The van der Waals surface area contributed by atoms with Crippen molar-refractivity contribution in [2.75, 3.05) is 36.2 Å². The van der Waals surface area contributed by atoms with Gasteiger partial charge in [0.15, 0.2) is 0 Å². The molecule has 1 heterocycles. The fraction of sp³-hybridized carbons (Fsp3) is 0.476. The second-order valence-electron chi connectivity index (χ2n) is 8.02. The smallest absolute Gasteiger partial charge is 0.363 e. The maximum Gasteiger partial charge on any atom is 0.418 e. The van der Waals surface area contributed by atoms with Gasteiger partial charge in [0, 0.05) is 37.9 Å².